The number of allylic oxidation sites excluding steroid dienone is 2. The number of benzene rings is 1. The van der Waals surface area contributed by atoms with Crippen LogP contribution in [0.4, 0.5) is 0 Å². The summed E-state index contributed by atoms with van der Waals surface area (Å²) in [4.78, 5) is 0. The van der Waals surface area contributed by atoms with Crippen molar-refractivity contribution in [1.29, 1.82) is 0 Å². The summed E-state index contributed by atoms with van der Waals surface area (Å²) in [5, 5.41) is 10.8. The summed E-state index contributed by atoms with van der Waals surface area (Å²) in [5.74, 6) is 0.236. The van der Waals surface area contributed by atoms with E-state index in [9.17, 15) is 5.11 Å². The first-order chi connectivity index (χ1) is 7.07. The van der Waals surface area contributed by atoms with Crippen molar-refractivity contribution in [3.05, 3.63) is 52.2 Å². The van der Waals surface area contributed by atoms with Crippen molar-refractivity contribution in [1.82, 2.24) is 0 Å². The van der Waals surface area contributed by atoms with E-state index in [-0.39, 0.29) is 46.1 Å². The monoisotopic (exact) mass is 394 g/mol. The zero-order valence-electron chi connectivity index (χ0n) is 8.84. The number of aliphatic hydroxyl groups excluding tert-OH is 1. The topological polar surface area (TPSA) is 20.2 Å². The van der Waals surface area contributed by atoms with E-state index >= 15 is 0 Å². The minimum atomic E-state index is 0. The van der Waals surface area contributed by atoms with E-state index in [1.165, 1.54) is 0 Å². The molecule has 0 spiro atoms. The molecule has 1 aromatic rings. The van der Waals surface area contributed by atoms with E-state index in [2.05, 4.69) is 6.58 Å². The van der Waals surface area contributed by atoms with Crippen LogP contribution < -0.4 is 0 Å². The van der Waals surface area contributed by atoms with Gasteiger partial charge in [0.15, 0.2) is 0 Å². The second-order valence-corrected chi connectivity index (χ2v) is 3.98. The van der Waals surface area contributed by atoms with Gasteiger partial charge in [-0.3, -0.25) is 0 Å². The van der Waals surface area contributed by atoms with Crippen LogP contribution in [-0.4, -0.2) is 5.11 Å². The van der Waals surface area contributed by atoms with E-state index in [0.29, 0.717) is 27.6 Å². The zero-order chi connectivity index (χ0) is 11.4. The first-order valence-electron chi connectivity index (χ1n) is 4.52. The number of rotatable bonds is 3. The third-order valence-corrected chi connectivity index (χ3v) is 2.74. The van der Waals surface area contributed by atoms with Crippen LogP contribution in [0.3, 0.4) is 0 Å². The maximum Gasteiger partial charge on any atom is 3.00 e. The van der Waals surface area contributed by atoms with Gasteiger partial charge in [0.2, 0.25) is 0 Å². The summed E-state index contributed by atoms with van der Waals surface area (Å²) in [6.45, 7) is 5.35. The van der Waals surface area contributed by atoms with Crippen LogP contribution in [0.5, 0.6) is 0 Å². The Balaban J connectivity index is 0.00000225. The molecule has 0 saturated heterocycles. The second-order valence-electron chi connectivity index (χ2n) is 3.16. The maximum absolute atomic E-state index is 9.71. The molecule has 0 saturated carbocycles. The van der Waals surface area contributed by atoms with Crippen molar-refractivity contribution >= 4 is 28.8 Å². The normalized spacial score (nSPS) is 11.4. The molecule has 1 radical (unpaired) electrons. The Hall–Kier alpha value is 0.418. The van der Waals surface area contributed by atoms with E-state index in [1.807, 2.05) is 0 Å². The fourth-order valence-corrected chi connectivity index (χ4v) is 1.97. The third kappa shape index (κ3) is 4.02. The second kappa shape index (κ2) is 7.69. The summed E-state index contributed by atoms with van der Waals surface area (Å²) >= 11 is 12.0. The molecule has 4 heteroatoms. The molecule has 0 amide bonds. The van der Waals surface area contributed by atoms with Gasteiger partial charge >= 0.3 is 40.4 Å². The van der Waals surface area contributed by atoms with Gasteiger partial charge in [0, 0.05) is 22.0 Å². The summed E-state index contributed by atoms with van der Waals surface area (Å²) < 4.78 is 0. The van der Waals surface area contributed by atoms with Gasteiger partial charge in [0.1, 0.15) is 0 Å². The quantitative estimate of drug-likeness (QED) is 0.574. The first kappa shape index (κ1) is 16.4. The van der Waals surface area contributed by atoms with E-state index < -0.39 is 0 Å². The fraction of sp³-hybridized carbons (Fsp3) is 0.167. The number of aliphatic hydroxyl groups is 1. The number of hydrogen-bond donors (Lipinski definition) is 1. The van der Waals surface area contributed by atoms with Crippen molar-refractivity contribution in [3.8, 4) is 0 Å². The summed E-state index contributed by atoms with van der Waals surface area (Å²) in [5.41, 5.74) is 1.37. The maximum atomic E-state index is 9.71. The predicted molar refractivity (Wildman–Crippen MR) is 66.5 cm³/mol. The smallest absolute Gasteiger partial charge is 0.512 e. The molecule has 0 aliphatic heterocycles. The average Bonchev–Trinajstić information content (AvgIpc) is 2.17. The predicted octanol–water partition coefficient (Wildman–Crippen LogP) is 4.86. The fourth-order valence-electron chi connectivity index (χ4n) is 1.29. The van der Waals surface area contributed by atoms with E-state index in [0.717, 1.165) is 0 Å². The minimum Gasteiger partial charge on any atom is -0.512 e. The van der Waals surface area contributed by atoms with Crippen LogP contribution >= 0.6 is 23.2 Å². The van der Waals surface area contributed by atoms with Crippen LogP contribution in [-0.2, 0) is 0 Å². The molecular formula is C12H12Cl2OSm+3. The van der Waals surface area contributed by atoms with E-state index in [1.54, 1.807) is 31.2 Å². The standard InChI is InChI=1S/C12H12Cl2O.Sm/c1-3-5-11(15)8(2)12-9(13)6-4-7-10(12)14;/h3-4,6-7,15H,1,5H2,2H3;/q;+3/b11-8-;. The third-order valence-electron chi connectivity index (χ3n) is 2.11. The Morgan fingerprint density at radius 1 is 1.38 bits per heavy atom. The van der Waals surface area contributed by atoms with Gasteiger partial charge in [-0.15, -0.1) is 6.58 Å². The molecular weight excluding hydrogens is 381 g/mol. The molecule has 1 N–H and O–H groups in total. The molecule has 0 fully saturated rings. The molecule has 0 bridgehead atoms. The Bertz CT molecular complexity index is 393. The van der Waals surface area contributed by atoms with Crippen LogP contribution in [0, 0.1) is 40.4 Å². The van der Waals surface area contributed by atoms with Gasteiger partial charge in [0.25, 0.3) is 0 Å². The van der Waals surface area contributed by atoms with Gasteiger partial charge in [-0.1, -0.05) is 35.3 Å². The van der Waals surface area contributed by atoms with Crippen LogP contribution in [0.2, 0.25) is 10.0 Å². The molecule has 0 heterocycles. The summed E-state index contributed by atoms with van der Waals surface area (Å²) in [6.07, 6.45) is 2.04. The molecule has 1 nitrogen and oxygen atoms in total. The van der Waals surface area contributed by atoms with Crippen LogP contribution in [0.1, 0.15) is 18.9 Å². The summed E-state index contributed by atoms with van der Waals surface area (Å²) in [6, 6.07) is 5.26. The molecule has 16 heavy (non-hydrogen) atoms. The molecule has 0 aliphatic carbocycles. The van der Waals surface area contributed by atoms with Crippen molar-refractivity contribution in [2.24, 2.45) is 0 Å². The first-order valence-corrected chi connectivity index (χ1v) is 5.27. The molecule has 0 aliphatic rings. The Kier molecular flexibility index (Phi) is 7.89. The molecule has 0 aromatic heterocycles. The Labute approximate surface area is 138 Å². The molecule has 0 unspecified atom stereocenters. The summed E-state index contributed by atoms with van der Waals surface area (Å²) in [7, 11) is 0. The SMILES string of the molecule is C=CC/C(O)=C(\C)c1c(Cl)cccc1Cl.[Sm+3]. The molecule has 0 atom stereocenters. The van der Waals surface area contributed by atoms with Crippen molar-refractivity contribution in [2.45, 2.75) is 13.3 Å². The van der Waals surface area contributed by atoms with E-state index in [4.69, 9.17) is 23.2 Å². The number of halogens is 2. The largest absolute Gasteiger partial charge is 3.00 e. The molecule has 1 aromatic carbocycles. The zero-order valence-corrected chi connectivity index (χ0v) is 13.0. The Morgan fingerprint density at radius 3 is 2.31 bits per heavy atom. The van der Waals surface area contributed by atoms with Gasteiger partial charge < -0.3 is 5.11 Å². The van der Waals surface area contributed by atoms with Crippen molar-refractivity contribution in [2.75, 3.05) is 0 Å². The van der Waals surface area contributed by atoms with Crippen LogP contribution in [0.15, 0.2) is 36.6 Å². The van der Waals surface area contributed by atoms with Gasteiger partial charge in [-0.25, -0.2) is 0 Å². The van der Waals surface area contributed by atoms with Crippen molar-refractivity contribution in [3.63, 3.8) is 0 Å². The number of hydrogen-bond acceptors (Lipinski definition) is 1. The molecule has 83 valence electrons. The van der Waals surface area contributed by atoms with Gasteiger partial charge in [-0.05, 0) is 24.6 Å². The Morgan fingerprint density at radius 2 is 1.88 bits per heavy atom. The average molecular weight is 393 g/mol. The van der Waals surface area contributed by atoms with Crippen LogP contribution in [0.25, 0.3) is 5.57 Å². The van der Waals surface area contributed by atoms with Gasteiger partial charge in [-0.2, -0.15) is 0 Å². The molecule has 1 rings (SSSR count). The van der Waals surface area contributed by atoms with Crippen molar-refractivity contribution < 1.29 is 45.5 Å². The van der Waals surface area contributed by atoms with Gasteiger partial charge in [0.05, 0.1) is 5.76 Å². The minimum absolute atomic E-state index is 0.